The number of piperazine rings is 1. The fourth-order valence-corrected chi connectivity index (χ4v) is 7.68. The molecule has 0 aliphatic carbocycles. The summed E-state index contributed by atoms with van der Waals surface area (Å²) < 4.78 is 33.9. The minimum Gasteiger partial charge on any atom is -0.370 e. The van der Waals surface area contributed by atoms with E-state index in [0.29, 0.717) is 31.1 Å². The number of sulfonamides is 1. The first kappa shape index (κ1) is 24.6. The Morgan fingerprint density at radius 2 is 1.74 bits per heavy atom. The molecule has 0 spiro atoms. The van der Waals surface area contributed by atoms with Gasteiger partial charge in [-0.15, -0.1) is 11.3 Å². The van der Waals surface area contributed by atoms with Crippen LogP contribution < -0.4 is 9.80 Å². The second-order valence-corrected chi connectivity index (χ2v) is 12.7. The Labute approximate surface area is 211 Å². The summed E-state index contributed by atoms with van der Waals surface area (Å²) in [5.74, 6) is 1.80. The topological polar surface area (TPSA) is 80.1 Å². The third-order valence-electron chi connectivity index (χ3n) is 7.15. The molecule has 2 aliphatic heterocycles. The maximum Gasteiger partial charge on any atom is 0.243 e. The van der Waals surface area contributed by atoms with Gasteiger partial charge in [-0.05, 0) is 44.9 Å². The molecular weight excluding hydrogens is 482 g/mol. The molecule has 2 fully saturated rings. The molecule has 2 aliphatic rings. The molecule has 4 heterocycles. The highest BCUT2D eigenvalue weighted by Crippen LogP contribution is 2.35. The molecule has 0 unspecified atom stereocenters. The van der Waals surface area contributed by atoms with Crippen LogP contribution >= 0.6 is 11.3 Å². The molecule has 0 saturated carbocycles. The minimum atomic E-state index is -3.53. The van der Waals surface area contributed by atoms with E-state index in [9.17, 15) is 8.42 Å². The standard InChI is InChI=1S/C25H33N5O3S2/c1-17-5-6-21(18(2)15-17)35(31,32)30-9-7-29(8-10-30)24-23-19(3)20(4)34-25(23)27-22(26-24)16-28-11-13-33-14-12-28/h5-6,15H,7-14,16H2,1-4H3/p+1. The Bertz CT molecular complexity index is 1340. The van der Waals surface area contributed by atoms with Crippen molar-refractivity contribution in [3.63, 3.8) is 0 Å². The van der Waals surface area contributed by atoms with Crippen molar-refractivity contribution in [3.8, 4) is 0 Å². The average molecular weight is 517 g/mol. The summed E-state index contributed by atoms with van der Waals surface area (Å²) in [7, 11) is -3.53. The van der Waals surface area contributed by atoms with Gasteiger partial charge in [0.15, 0.2) is 5.82 Å². The van der Waals surface area contributed by atoms with Crippen molar-refractivity contribution in [2.24, 2.45) is 0 Å². The number of ether oxygens (including phenoxy) is 1. The molecule has 0 amide bonds. The van der Waals surface area contributed by atoms with E-state index in [-0.39, 0.29) is 0 Å². The first-order valence-corrected chi connectivity index (χ1v) is 14.5. The number of hydrogen-bond donors (Lipinski definition) is 1. The molecule has 1 N–H and O–H groups in total. The Kier molecular flexibility index (Phi) is 6.84. The molecular formula is C25H34N5O3S2+. The molecule has 1 aromatic carbocycles. The number of benzene rings is 1. The Hall–Kier alpha value is -2.11. The average Bonchev–Trinajstić information content (AvgIpc) is 3.12. The number of thiophene rings is 1. The highest BCUT2D eigenvalue weighted by molar-refractivity contribution is 7.89. The first-order valence-electron chi connectivity index (χ1n) is 12.2. The van der Waals surface area contributed by atoms with Crippen molar-refractivity contribution in [1.29, 1.82) is 0 Å². The molecule has 0 radical (unpaired) electrons. The van der Waals surface area contributed by atoms with Gasteiger partial charge in [0.25, 0.3) is 0 Å². The Morgan fingerprint density at radius 3 is 2.43 bits per heavy atom. The van der Waals surface area contributed by atoms with Crippen LogP contribution in [0, 0.1) is 27.7 Å². The maximum absolute atomic E-state index is 13.4. The number of nitrogens with zero attached hydrogens (tertiary/aromatic N) is 4. The van der Waals surface area contributed by atoms with Crippen LogP contribution in [0.25, 0.3) is 10.2 Å². The molecule has 188 valence electrons. The van der Waals surface area contributed by atoms with E-state index in [4.69, 9.17) is 14.7 Å². The predicted molar refractivity (Wildman–Crippen MR) is 139 cm³/mol. The van der Waals surface area contributed by atoms with Gasteiger partial charge < -0.3 is 14.5 Å². The molecule has 2 aromatic heterocycles. The van der Waals surface area contributed by atoms with E-state index in [1.165, 1.54) is 15.3 Å². The van der Waals surface area contributed by atoms with Gasteiger partial charge in [0.05, 0.1) is 23.5 Å². The van der Waals surface area contributed by atoms with E-state index in [0.717, 1.165) is 65.8 Å². The minimum absolute atomic E-state index is 0.404. The molecule has 35 heavy (non-hydrogen) atoms. The Balaban J connectivity index is 1.41. The van der Waals surface area contributed by atoms with Crippen LogP contribution in [0.2, 0.25) is 0 Å². The number of fused-ring (bicyclic) bond motifs is 1. The van der Waals surface area contributed by atoms with Crippen LogP contribution in [0.1, 0.15) is 27.4 Å². The molecule has 3 aromatic rings. The van der Waals surface area contributed by atoms with Gasteiger partial charge in [0, 0.05) is 31.1 Å². The van der Waals surface area contributed by atoms with Gasteiger partial charge in [-0.2, -0.15) is 4.31 Å². The lowest BCUT2D eigenvalue weighted by atomic mass is 10.2. The summed E-state index contributed by atoms with van der Waals surface area (Å²) in [6, 6.07) is 5.53. The smallest absolute Gasteiger partial charge is 0.243 e. The third-order valence-corrected chi connectivity index (χ3v) is 10.3. The van der Waals surface area contributed by atoms with Crippen LogP contribution in [0.15, 0.2) is 23.1 Å². The molecule has 2 saturated heterocycles. The van der Waals surface area contributed by atoms with Crippen molar-refractivity contribution < 1.29 is 18.1 Å². The number of rotatable bonds is 5. The summed E-state index contributed by atoms with van der Waals surface area (Å²) in [5, 5.41) is 1.11. The number of hydrogen-bond acceptors (Lipinski definition) is 7. The zero-order chi connectivity index (χ0) is 24.7. The van der Waals surface area contributed by atoms with Crippen molar-refractivity contribution in [1.82, 2.24) is 14.3 Å². The zero-order valence-electron chi connectivity index (χ0n) is 20.9. The van der Waals surface area contributed by atoms with Crippen LogP contribution in [0.3, 0.4) is 0 Å². The lowest BCUT2D eigenvalue weighted by molar-refractivity contribution is -0.922. The van der Waals surface area contributed by atoms with Crippen molar-refractivity contribution >= 4 is 37.4 Å². The maximum atomic E-state index is 13.4. The quantitative estimate of drug-likeness (QED) is 0.558. The van der Waals surface area contributed by atoms with Crippen LogP contribution in [-0.2, 0) is 21.3 Å². The number of quaternary nitrogens is 1. The number of aryl methyl sites for hydroxylation is 4. The van der Waals surface area contributed by atoms with E-state index >= 15 is 0 Å². The fourth-order valence-electron chi connectivity index (χ4n) is 5.01. The third kappa shape index (κ3) is 4.82. The molecule has 0 bridgehead atoms. The van der Waals surface area contributed by atoms with Gasteiger partial charge in [-0.1, -0.05) is 17.7 Å². The highest BCUT2D eigenvalue weighted by Gasteiger charge is 2.31. The molecule has 5 rings (SSSR count). The van der Waals surface area contributed by atoms with Gasteiger partial charge in [-0.3, -0.25) is 0 Å². The lowest BCUT2D eigenvalue weighted by Gasteiger charge is -2.35. The second kappa shape index (κ2) is 9.74. The van der Waals surface area contributed by atoms with Crippen LogP contribution in [0.4, 0.5) is 5.82 Å². The SMILES string of the molecule is Cc1ccc(S(=O)(=O)N2CCN(c3nc(C[NH+]4CCOCC4)nc4sc(C)c(C)c34)CC2)c(C)c1. The van der Waals surface area contributed by atoms with Crippen molar-refractivity contribution in [3.05, 3.63) is 45.6 Å². The largest absolute Gasteiger partial charge is 0.370 e. The van der Waals surface area contributed by atoms with Crippen molar-refractivity contribution in [2.45, 2.75) is 39.1 Å². The number of morpholine rings is 1. The Morgan fingerprint density at radius 1 is 1.03 bits per heavy atom. The molecule has 10 heteroatoms. The number of aromatic nitrogens is 2. The summed E-state index contributed by atoms with van der Waals surface area (Å²) in [4.78, 5) is 16.4. The lowest BCUT2D eigenvalue weighted by Crippen LogP contribution is -3.12. The zero-order valence-corrected chi connectivity index (χ0v) is 22.6. The van der Waals surface area contributed by atoms with Gasteiger partial charge in [0.2, 0.25) is 10.0 Å². The highest BCUT2D eigenvalue weighted by atomic mass is 32.2. The summed E-state index contributed by atoms with van der Waals surface area (Å²) in [5.41, 5.74) is 3.08. The van der Waals surface area contributed by atoms with Crippen molar-refractivity contribution in [2.75, 3.05) is 57.4 Å². The predicted octanol–water partition coefficient (Wildman–Crippen LogP) is 1.85. The van der Waals surface area contributed by atoms with E-state index in [1.54, 1.807) is 21.7 Å². The van der Waals surface area contributed by atoms with Gasteiger partial charge in [0.1, 0.15) is 30.3 Å². The summed E-state index contributed by atoms with van der Waals surface area (Å²) in [6.45, 7) is 14.5. The normalized spacial score (nSPS) is 18.5. The number of nitrogens with one attached hydrogen (secondary N) is 1. The monoisotopic (exact) mass is 516 g/mol. The molecule has 0 atom stereocenters. The van der Waals surface area contributed by atoms with E-state index in [2.05, 4.69) is 18.7 Å². The van der Waals surface area contributed by atoms with Gasteiger partial charge in [-0.25, -0.2) is 18.4 Å². The summed E-state index contributed by atoms with van der Waals surface area (Å²) >= 11 is 1.72. The summed E-state index contributed by atoms with van der Waals surface area (Å²) in [6.07, 6.45) is 0. The van der Waals surface area contributed by atoms with E-state index in [1.807, 2.05) is 26.0 Å². The fraction of sp³-hybridized carbons (Fsp3) is 0.520. The second-order valence-electron chi connectivity index (χ2n) is 9.63. The van der Waals surface area contributed by atoms with E-state index < -0.39 is 10.0 Å². The van der Waals surface area contributed by atoms with Gasteiger partial charge >= 0.3 is 0 Å². The van der Waals surface area contributed by atoms with Crippen LogP contribution in [0.5, 0.6) is 0 Å². The molecule has 8 nitrogen and oxygen atoms in total. The van der Waals surface area contributed by atoms with Crippen LogP contribution in [-0.4, -0.2) is 75.2 Å². The first-order chi connectivity index (χ1) is 16.7. The number of anilines is 1.